The average molecular weight is 219 g/mol. The van der Waals surface area contributed by atoms with Crippen LogP contribution in [0.2, 0.25) is 0 Å². The molecule has 1 aromatic carbocycles. The molecule has 1 rings (SSSR count). The molecule has 0 unspecified atom stereocenters. The van der Waals surface area contributed by atoms with Crippen molar-refractivity contribution in [3.8, 4) is 5.75 Å². The monoisotopic (exact) mass is 219 g/mol. The molecule has 2 nitrogen and oxygen atoms in total. The molecule has 15 heavy (non-hydrogen) atoms. The lowest BCUT2D eigenvalue weighted by Gasteiger charge is -2.17. The Bertz CT molecular complexity index is 349. The van der Waals surface area contributed by atoms with E-state index in [1.54, 1.807) is 6.07 Å². The lowest BCUT2D eigenvalue weighted by Crippen LogP contribution is -2.28. The smallest absolute Gasteiger partial charge is 0.407 e. The van der Waals surface area contributed by atoms with Crippen molar-refractivity contribution in [2.75, 3.05) is 0 Å². The zero-order valence-electron chi connectivity index (χ0n) is 8.17. The first-order valence-corrected chi connectivity index (χ1v) is 4.50. The first-order valence-electron chi connectivity index (χ1n) is 4.50. The van der Waals surface area contributed by atoms with E-state index in [0.717, 1.165) is 0 Å². The molecule has 0 saturated carbocycles. The minimum absolute atomic E-state index is 0.276. The standard InChI is InChI=1S/C10H12F3NO/c1-2-6-3-4-8(15)7(5-6)9(14)10(11,12)13/h3-5,9,15H,2,14H2,1H3/t9-/m1/s1. The number of alkyl halides is 3. The summed E-state index contributed by atoms with van der Waals surface area (Å²) >= 11 is 0. The van der Waals surface area contributed by atoms with Gasteiger partial charge in [0.2, 0.25) is 0 Å². The summed E-state index contributed by atoms with van der Waals surface area (Å²) in [5, 5.41) is 9.28. The highest BCUT2D eigenvalue weighted by Crippen LogP contribution is 2.35. The molecule has 0 fully saturated rings. The van der Waals surface area contributed by atoms with Gasteiger partial charge in [-0.3, -0.25) is 0 Å². The van der Waals surface area contributed by atoms with Gasteiger partial charge in [0.25, 0.3) is 0 Å². The summed E-state index contributed by atoms with van der Waals surface area (Å²) in [6.45, 7) is 1.81. The molecule has 3 N–H and O–H groups in total. The van der Waals surface area contributed by atoms with Crippen LogP contribution in [0.3, 0.4) is 0 Å². The third kappa shape index (κ3) is 2.62. The van der Waals surface area contributed by atoms with Crippen molar-refractivity contribution in [3.05, 3.63) is 29.3 Å². The Morgan fingerprint density at radius 2 is 2.00 bits per heavy atom. The van der Waals surface area contributed by atoms with E-state index in [1.165, 1.54) is 12.1 Å². The minimum atomic E-state index is -4.54. The molecule has 0 aliphatic carbocycles. The maximum absolute atomic E-state index is 12.3. The number of rotatable bonds is 2. The number of nitrogens with two attached hydrogens (primary N) is 1. The number of hydrogen-bond donors (Lipinski definition) is 2. The molecule has 0 aliphatic rings. The van der Waals surface area contributed by atoms with Crippen LogP contribution in [0.5, 0.6) is 5.75 Å². The van der Waals surface area contributed by atoms with E-state index < -0.39 is 18.0 Å². The van der Waals surface area contributed by atoms with Gasteiger partial charge in [0, 0.05) is 5.56 Å². The molecular weight excluding hydrogens is 207 g/mol. The number of phenols is 1. The third-order valence-corrected chi connectivity index (χ3v) is 2.19. The van der Waals surface area contributed by atoms with Crippen molar-refractivity contribution < 1.29 is 18.3 Å². The van der Waals surface area contributed by atoms with Crippen molar-refractivity contribution in [2.45, 2.75) is 25.6 Å². The molecule has 5 heteroatoms. The molecular formula is C10H12F3NO. The minimum Gasteiger partial charge on any atom is -0.508 e. The van der Waals surface area contributed by atoms with Crippen molar-refractivity contribution in [1.29, 1.82) is 0 Å². The summed E-state index contributed by atoms with van der Waals surface area (Å²) < 4.78 is 36.9. The molecule has 0 aliphatic heterocycles. The molecule has 0 aromatic heterocycles. The Hall–Kier alpha value is -1.23. The van der Waals surface area contributed by atoms with Crippen LogP contribution in [0.1, 0.15) is 24.1 Å². The SMILES string of the molecule is CCc1ccc(O)c([C@@H](N)C(F)(F)F)c1. The van der Waals surface area contributed by atoms with Crippen LogP contribution in [-0.2, 0) is 6.42 Å². The van der Waals surface area contributed by atoms with Gasteiger partial charge in [-0.1, -0.05) is 19.1 Å². The molecule has 0 saturated heterocycles. The number of halogens is 3. The Kier molecular flexibility index (Phi) is 3.24. The lowest BCUT2D eigenvalue weighted by molar-refractivity contribution is -0.149. The second-order valence-electron chi connectivity index (χ2n) is 3.27. The van der Waals surface area contributed by atoms with Crippen LogP contribution in [-0.4, -0.2) is 11.3 Å². The van der Waals surface area contributed by atoms with Gasteiger partial charge in [0.1, 0.15) is 11.8 Å². The summed E-state index contributed by atoms with van der Waals surface area (Å²) in [6.07, 6.45) is -3.94. The van der Waals surface area contributed by atoms with Crippen molar-refractivity contribution in [1.82, 2.24) is 0 Å². The maximum Gasteiger partial charge on any atom is 0.407 e. The molecule has 0 bridgehead atoms. The number of aryl methyl sites for hydroxylation is 1. The zero-order valence-corrected chi connectivity index (χ0v) is 8.17. The van der Waals surface area contributed by atoms with Crippen LogP contribution in [0.4, 0.5) is 13.2 Å². The number of hydrogen-bond acceptors (Lipinski definition) is 2. The topological polar surface area (TPSA) is 46.2 Å². The summed E-state index contributed by atoms with van der Waals surface area (Å²) in [5.74, 6) is -0.419. The van der Waals surface area contributed by atoms with Gasteiger partial charge >= 0.3 is 6.18 Å². The molecule has 0 radical (unpaired) electrons. The first kappa shape index (κ1) is 11.8. The van der Waals surface area contributed by atoms with Gasteiger partial charge in [-0.05, 0) is 18.1 Å². The third-order valence-electron chi connectivity index (χ3n) is 2.19. The fourth-order valence-corrected chi connectivity index (χ4v) is 1.25. The second-order valence-corrected chi connectivity index (χ2v) is 3.27. The Labute approximate surface area is 85.5 Å². The number of phenolic OH excluding ortho intramolecular Hbond substituents is 1. The van der Waals surface area contributed by atoms with Crippen molar-refractivity contribution in [2.24, 2.45) is 5.73 Å². The largest absolute Gasteiger partial charge is 0.508 e. The molecule has 0 spiro atoms. The van der Waals surface area contributed by atoms with Gasteiger partial charge in [0.15, 0.2) is 0 Å². The number of benzene rings is 1. The van der Waals surface area contributed by atoms with E-state index in [2.05, 4.69) is 0 Å². The van der Waals surface area contributed by atoms with Crippen LogP contribution in [0.25, 0.3) is 0 Å². The molecule has 0 heterocycles. The van der Waals surface area contributed by atoms with E-state index in [0.29, 0.717) is 12.0 Å². The van der Waals surface area contributed by atoms with E-state index in [1.807, 2.05) is 6.92 Å². The highest BCUT2D eigenvalue weighted by molar-refractivity contribution is 5.39. The normalized spacial score (nSPS) is 13.9. The van der Waals surface area contributed by atoms with Crippen LogP contribution in [0, 0.1) is 0 Å². The molecule has 1 aromatic rings. The molecule has 84 valence electrons. The maximum atomic E-state index is 12.3. The predicted octanol–water partition coefficient (Wildman–Crippen LogP) is 2.52. The van der Waals surface area contributed by atoms with Gasteiger partial charge < -0.3 is 10.8 Å². The van der Waals surface area contributed by atoms with E-state index in [4.69, 9.17) is 5.73 Å². The van der Waals surface area contributed by atoms with E-state index >= 15 is 0 Å². The Morgan fingerprint density at radius 1 is 1.40 bits per heavy atom. The highest BCUT2D eigenvalue weighted by Gasteiger charge is 2.39. The summed E-state index contributed by atoms with van der Waals surface area (Å²) in [4.78, 5) is 0. The predicted molar refractivity (Wildman–Crippen MR) is 50.5 cm³/mol. The van der Waals surface area contributed by atoms with Gasteiger partial charge in [-0.2, -0.15) is 13.2 Å². The fourth-order valence-electron chi connectivity index (χ4n) is 1.25. The van der Waals surface area contributed by atoms with Gasteiger partial charge in [-0.15, -0.1) is 0 Å². The van der Waals surface area contributed by atoms with Crippen LogP contribution in [0.15, 0.2) is 18.2 Å². The quantitative estimate of drug-likeness (QED) is 0.802. The van der Waals surface area contributed by atoms with Crippen LogP contribution < -0.4 is 5.73 Å². The summed E-state index contributed by atoms with van der Waals surface area (Å²) in [5.41, 5.74) is 5.45. The molecule has 1 atom stereocenters. The van der Waals surface area contributed by atoms with Gasteiger partial charge in [0.05, 0.1) is 0 Å². The lowest BCUT2D eigenvalue weighted by atomic mass is 10.0. The highest BCUT2D eigenvalue weighted by atomic mass is 19.4. The Balaban J connectivity index is 3.12. The van der Waals surface area contributed by atoms with Crippen molar-refractivity contribution in [3.63, 3.8) is 0 Å². The summed E-state index contributed by atoms with van der Waals surface area (Å²) in [6, 6.07) is 1.96. The zero-order chi connectivity index (χ0) is 11.6. The van der Waals surface area contributed by atoms with Gasteiger partial charge in [-0.25, -0.2) is 0 Å². The second kappa shape index (κ2) is 4.10. The first-order chi connectivity index (χ1) is 6.86. The van der Waals surface area contributed by atoms with E-state index in [-0.39, 0.29) is 5.56 Å². The molecule has 0 amide bonds. The average Bonchev–Trinajstić information content (AvgIpc) is 2.16. The Morgan fingerprint density at radius 3 is 2.47 bits per heavy atom. The van der Waals surface area contributed by atoms with Crippen molar-refractivity contribution >= 4 is 0 Å². The fraction of sp³-hybridized carbons (Fsp3) is 0.400. The number of aromatic hydroxyl groups is 1. The summed E-state index contributed by atoms with van der Waals surface area (Å²) in [7, 11) is 0. The van der Waals surface area contributed by atoms with E-state index in [9.17, 15) is 18.3 Å². The van der Waals surface area contributed by atoms with Crippen LogP contribution >= 0.6 is 0 Å².